The quantitative estimate of drug-likeness (QED) is 0.373. The summed E-state index contributed by atoms with van der Waals surface area (Å²) in [7, 11) is 0. The van der Waals surface area contributed by atoms with E-state index < -0.39 is 5.60 Å². The number of oxime groups is 1. The zero-order valence-corrected chi connectivity index (χ0v) is 7.46. The molecular weight excluding hydrogens is 142 g/mol. The fourth-order valence-electron chi connectivity index (χ4n) is 1.12. The van der Waals surface area contributed by atoms with E-state index in [0.717, 1.165) is 6.42 Å². The fourth-order valence-corrected chi connectivity index (χ4v) is 1.12. The van der Waals surface area contributed by atoms with Crippen LogP contribution >= 0.6 is 0 Å². The second-order valence-electron chi connectivity index (χ2n) is 2.82. The van der Waals surface area contributed by atoms with Gasteiger partial charge in [0.2, 0.25) is 0 Å². The van der Waals surface area contributed by atoms with Crippen molar-refractivity contribution in [2.24, 2.45) is 5.16 Å². The lowest BCUT2D eigenvalue weighted by Crippen LogP contribution is -2.35. The van der Waals surface area contributed by atoms with Crippen molar-refractivity contribution in [3.8, 4) is 0 Å². The summed E-state index contributed by atoms with van der Waals surface area (Å²) in [5.74, 6) is 0. The Bertz CT molecular complexity index is 145. The summed E-state index contributed by atoms with van der Waals surface area (Å²) in [5, 5.41) is 21.3. The highest BCUT2D eigenvalue weighted by Crippen LogP contribution is 2.18. The van der Waals surface area contributed by atoms with Gasteiger partial charge in [0.25, 0.3) is 0 Å². The van der Waals surface area contributed by atoms with Gasteiger partial charge in [0, 0.05) is 0 Å². The lowest BCUT2D eigenvalue weighted by molar-refractivity contribution is 0.0923. The third-order valence-electron chi connectivity index (χ3n) is 2.07. The van der Waals surface area contributed by atoms with Crippen LogP contribution in [0.2, 0.25) is 0 Å². The van der Waals surface area contributed by atoms with E-state index in [-0.39, 0.29) is 0 Å². The molecule has 66 valence electrons. The number of aliphatic hydroxyl groups is 1. The lowest BCUT2D eigenvalue weighted by atomic mass is 9.90. The highest BCUT2D eigenvalue weighted by Gasteiger charge is 2.27. The molecule has 0 bridgehead atoms. The van der Waals surface area contributed by atoms with E-state index >= 15 is 0 Å². The number of nitrogens with zero attached hydrogens (tertiary/aromatic N) is 1. The molecule has 0 fully saturated rings. The topological polar surface area (TPSA) is 52.8 Å². The van der Waals surface area contributed by atoms with Gasteiger partial charge in [0.1, 0.15) is 5.60 Å². The van der Waals surface area contributed by atoms with Crippen molar-refractivity contribution < 1.29 is 10.3 Å². The molecule has 0 aliphatic carbocycles. The van der Waals surface area contributed by atoms with Gasteiger partial charge in [-0.3, -0.25) is 0 Å². The minimum atomic E-state index is -0.899. The van der Waals surface area contributed by atoms with Gasteiger partial charge in [-0.2, -0.15) is 0 Å². The van der Waals surface area contributed by atoms with E-state index in [2.05, 4.69) is 5.16 Å². The summed E-state index contributed by atoms with van der Waals surface area (Å²) in [6.07, 6.45) is 2.13. The minimum Gasteiger partial charge on any atom is -0.411 e. The average Bonchev–Trinajstić information content (AvgIpc) is 2.03. The molecule has 0 aromatic heterocycles. The van der Waals surface area contributed by atoms with Gasteiger partial charge in [-0.1, -0.05) is 25.4 Å². The zero-order chi connectivity index (χ0) is 8.91. The standard InChI is InChI=1S/C8H17NO2/c1-4-6-8(10,5-2)7(3)9-11/h10-11H,4-6H2,1-3H3. The molecule has 0 heterocycles. The summed E-state index contributed by atoms with van der Waals surface area (Å²) in [5.41, 5.74) is -0.495. The highest BCUT2D eigenvalue weighted by atomic mass is 16.4. The summed E-state index contributed by atoms with van der Waals surface area (Å²) in [6.45, 7) is 5.51. The molecule has 3 heteroatoms. The predicted octanol–water partition coefficient (Wildman–Crippen LogP) is 1.78. The van der Waals surface area contributed by atoms with Crippen LogP contribution in [0.5, 0.6) is 0 Å². The molecule has 0 radical (unpaired) electrons. The Kier molecular flexibility index (Phi) is 4.11. The summed E-state index contributed by atoms with van der Waals surface area (Å²) >= 11 is 0. The first-order valence-corrected chi connectivity index (χ1v) is 4.02. The maximum Gasteiger partial charge on any atom is 0.105 e. The molecule has 1 atom stereocenters. The Morgan fingerprint density at radius 2 is 2.00 bits per heavy atom. The smallest absolute Gasteiger partial charge is 0.105 e. The van der Waals surface area contributed by atoms with Gasteiger partial charge >= 0.3 is 0 Å². The molecule has 0 aromatic rings. The lowest BCUT2D eigenvalue weighted by Gasteiger charge is -2.24. The van der Waals surface area contributed by atoms with Crippen LogP contribution in [-0.2, 0) is 0 Å². The van der Waals surface area contributed by atoms with Crippen LogP contribution in [0.25, 0.3) is 0 Å². The van der Waals surface area contributed by atoms with Gasteiger partial charge in [-0.05, 0) is 19.8 Å². The minimum absolute atomic E-state index is 0.404. The summed E-state index contributed by atoms with van der Waals surface area (Å²) in [4.78, 5) is 0. The third-order valence-corrected chi connectivity index (χ3v) is 2.07. The number of rotatable bonds is 4. The van der Waals surface area contributed by atoms with Crippen molar-refractivity contribution in [2.75, 3.05) is 0 Å². The molecule has 0 rings (SSSR count). The molecule has 2 N–H and O–H groups in total. The summed E-state index contributed by atoms with van der Waals surface area (Å²) < 4.78 is 0. The van der Waals surface area contributed by atoms with Gasteiger partial charge in [0.05, 0.1) is 5.71 Å². The molecule has 0 saturated carbocycles. The Balaban J connectivity index is 4.32. The first-order valence-electron chi connectivity index (χ1n) is 4.02. The average molecular weight is 159 g/mol. The molecule has 0 aliphatic heterocycles. The van der Waals surface area contributed by atoms with E-state index in [9.17, 15) is 5.11 Å². The van der Waals surface area contributed by atoms with Crippen LogP contribution < -0.4 is 0 Å². The normalized spacial score (nSPS) is 18.0. The first kappa shape index (κ1) is 10.4. The van der Waals surface area contributed by atoms with Gasteiger partial charge in [0.15, 0.2) is 0 Å². The highest BCUT2D eigenvalue weighted by molar-refractivity contribution is 5.89. The zero-order valence-electron chi connectivity index (χ0n) is 7.46. The van der Waals surface area contributed by atoms with Crippen LogP contribution in [-0.4, -0.2) is 21.6 Å². The maximum atomic E-state index is 9.80. The van der Waals surface area contributed by atoms with E-state index in [1.54, 1.807) is 6.92 Å². The van der Waals surface area contributed by atoms with Crippen molar-refractivity contribution in [2.45, 2.75) is 45.6 Å². The van der Waals surface area contributed by atoms with Gasteiger partial charge < -0.3 is 10.3 Å². The number of hydrogen-bond acceptors (Lipinski definition) is 3. The Morgan fingerprint density at radius 1 is 1.45 bits per heavy atom. The van der Waals surface area contributed by atoms with Crippen molar-refractivity contribution in [1.29, 1.82) is 0 Å². The Labute approximate surface area is 67.7 Å². The fraction of sp³-hybridized carbons (Fsp3) is 0.875. The maximum absolute atomic E-state index is 9.80. The van der Waals surface area contributed by atoms with Crippen LogP contribution in [0, 0.1) is 0 Å². The molecule has 0 spiro atoms. The Hall–Kier alpha value is -0.570. The van der Waals surface area contributed by atoms with Crippen molar-refractivity contribution >= 4 is 5.71 Å². The van der Waals surface area contributed by atoms with Crippen LogP contribution in [0.1, 0.15) is 40.0 Å². The van der Waals surface area contributed by atoms with Gasteiger partial charge in [-0.15, -0.1) is 0 Å². The second-order valence-corrected chi connectivity index (χ2v) is 2.82. The molecule has 0 aromatic carbocycles. The van der Waals surface area contributed by atoms with E-state index in [0.29, 0.717) is 18.6 Å². The Morgan fingerprint density at radius 3 is 2.27 bits per heavy atom. The third kappa shape index (κ3) is 2.50. The van der Waals surface area contributed by atoms with E-state index in [1.807, 2.05) is 13.8 Å². The first-order chi connectivity index (χ1) is 5.10. The molecule has 0 aliphatic rings. The number of hydrogen-bond donors (Lipinski definition) is 2. The molecule has 3 nitrogen and oxygen atoms in total. The van der Waals surface area contributed by atoms with Crippen molar-refractivity contribution in [3.63, 3.8) is 0 Å². The van der Waals surface area contributed by atoms with E-state index in [4.69, 9.17) is 5.21 Å². The molecule has 11 heavy (non-hydrogen) atoms. The SMILES string of the molecule is CCCC(O)(CC)C(C)=NO. The second kappa shape index (κ2) is 4.34. The summed E-state index contributed by atoms with van der Waals surface area (Å²) in [6, 6.07) is 0. The van der Waals surface area contributed by atoms with Crippen molar-refractivity contribution in [1.82, 2.24) is 0 Å². The molecule has 0 saturated heterocycles. The van der Waals surface area contributed by atoms with Crippen LogP contribution in [0.4, 0.5) is 0 Å². The molecule has 0 amide bonds. The predicted molar refractivity (Wildman–Crippen MR) is 45.0 cm³/mol. The molecule has 1 unspecified atom stereocenters. The monoisotopic (exact) mass is 159 g/mol. The van der Waals surface area contributed by atoms with E-state index in [1.165, 1.54) is 0 Å². The van der Waals surface area contributed by atoms with Crippen molar-refractivity contribution in [3.05, 3.63) is 0 Å². The largest absolute Gasteiger partial charge is 0.411 e. The van der Waals surface area contributed by atoms with Crippen LogP contribution in [0.3, 0.4) is 0 Å². The van der Waals surface area contributed by atoms with Crippen LogP contribution in [0.15, 0.2) is 5.16 Å². The van der Waals surface area contributed by atoms with Gasteiger partial charge in [-0.25, -0.2) is 0 Å². The molecular formula is C8H17NO2.